The number of H-pyrrole nitrogens is 1. The first-order valence-electron chi connectivity index (χ1n) is 7.58. The van der Waals surface area contributed by atoms with E-state index in [1.165, 1.54) is 31.5 Å². The molecule has 0 amide bonds. The van der Waals surface area contributed by atoms with Gasteiger partial charge in [0, 0.05) is 12.5 Å². The lowest BCUT2D eigenvalue weighted by atomic mass is 9.69. The van der Waals surface area contributed by atoms with Crippen LogP contribution < -0.4 is 0 Å². The third kappa shape index (κ3) is 3.28. The summed E-state index contributed by atoms with van der Waals surface area (Å²) in [4.78, 5) is 0. The SMILES string of the molecule is CCCn1c(C2CCC(C(C)(C)C)CC2)n[nH]c1=S. The molecule has 0 aromatic carbocycles. The minimum absolute atomic E-state index is 0.444. The van der Waals surface area contributed by atoms with Crippen molar-refractivity contribution in [3.05, 3.63) is 10.6 Å². The van der Waals surface area contributed by atoms with Crippen molar-refractivity contribution in [1.29, 1.82) is 0 Å². The van der Waals surface area contributed by atoms with E-state index >= 15 is 0 Å². The maximum atomic E-state index is 5.33. The average Bonchev–Trinajstić information content (AvgIpc) is 2.71. The molecule has 1 aromatic heterocycles. The molecule has 0 spiro atoms. The quantitative estimate of drug-likeness (QED) is 0.817. The Labute approximate surface area is 121 Å². The third-order valence-corrected chi connectivity index (χ3v) is 4.86. The molecule has 0 atom stereocenters. The van der Waals surface area contributed by atoms with Crippen LogP contribution in [-0.2, 0) is 6.54 Å². The van der Waals surface area contributed by atoms with Crippen molar-refractivity contribution < 1.29 is 0 Å². The smallest absolute Gasteiger partial charge is 0.195 e. The van der Waals surface area contributed by atoms with Gasteiger partial charge in [-0.2, -0.15) is 5.10 Å². The topological polar surface area (TPSA) is 33.6 Å². The molecule has 1 fully saturated rings. The van der Waals surface area contributed by atoms with Gasteiger partial charge in [0.15, 0.2) is 4.77 Å². The fraction of sp³-hybridized carbons (Fsp3) is 0.867. The maximum absolute atomic E-state index is 5.33. The fourth-order valence-corrected chi connectivity index (χ4v) is 3.53. The molecule has 4 heteroatoms. The zero-order valence-electron chi connectivity index (χ0n) is 12.7. The summed E-state index contributed by atoms with van der Waals surface area (Å²) in [6.45, 7) is 10.3. The molecule has 0 radical (unpaired) electrons. The van der Waals surface area contributed by atoms with E-state index in [4.69, 9.17) is 12.2 Å². The highest BCUT2D eigenvalue weighted by atomic mass is 32.1. The summed E-state index contributed by atoms with van der Waals surface area (Å²) in [6.07, 6.45) is 6.26. The summed E-state index contributed by atoms with van der Waals surface area (Å²) < 4.78 is 2.99. The summed E-state index contributed by atoms with van der Waals surface area (Å²) >= 11 is 5.33. The normalized spacial score (nSPS) is 24.6. The van der Waals surface area contributed by atoms with Gasteiger partial charge in [-0.1, -0.05) is 27.7 Å². The second-order valence-electron chi connectivity index (χ2n) is 6.95. The molecule has 1 aromatic rings. The molecule has 0 aliphatic heterocycles. The summed E-state index contributed by atoms with van der Waals surface area (Å²) in [5.41, 5.74) is 0.444. The van der Waals surface area contributed by atoms with Crippen molar-refractivity contribution in [3.63, 3.8) is 0 Å². The molecule has 19 heavy (non-hydrogen) atoms. The summed E-state index contributed by atoms with van der Waals surface area (Å²) in [6, 6.07) is 0. The Morgan fingerprint density at radius 1 is 1.26 bits per heavy atom. The Morgan fingerprint density at radius 2 is 1.89 bits per heavy atom. The first kappa shape index (κ1) is 14.8. The highest BCUT2D eigenvalue weighted by Gasteiger charge is 2.31. The van der Waals surface area contributed by atoms with Gasteiger partial charge in [0.25, 0.3) is 0 Å². The van der Waals surface area contributed by atoms with E-state index in [-0.39, 0.29) is 0 Å². The van der Waals surface area contributed by atoms with Crippen molar-refractivity contribution >= 4 is 12.2 Å². The number of nitrogens with one attached hydrogen (secondary N) is 1. The highest BCUT2D eigenvalue weighted by Crippen LogP contribution is 2.42. The number of hydrogen-bond acceptors (Lipinski definition) is 2. The van der Waals surface area contributed by atoms with Crippen molar-refractivity contribution in [2.45, 2.75) is 72.3 Å². The molecule has 2 rings (SSSR count). The van der Waals surface area contributed by atoms with Crippen molar-refractivity contribution in [2.75, 3.05) is 0 Å². The Hall–Kier alpha value is -0.640. The Morgan fingerprint density at radius 3 is 2.42 bits per heavy atom. The number of rotatable bonds is 3. The van der Waals surface area contributed by atoms with Crippen LogP contribution in [0.25, 0.3) is 0 Å². The minimum Gasteiger partial charge on any atom is -0.304 e. The van der Waals surface area contributed by atoms with Crippen LogP contribution in [0.5, 0.6) is 0 Å². The van der Waals surface area contributed by atoms with Crippen LogP contribution in [0.15, 0.2) is 0 Å². The lowest BCUT2D eigenvalue weighted by Crippen LogP contribution is -2.26. The van der Waals surface area contributed by atoms with Gasteiger partial charge in [-0.05, 0) is 55.7 Å². The Bertz CT molecular complexity index is 458. The van der Waals surface area contributed by atoms with Gasteiger partial charge in [-0.15, -0.1) is 0 Å². The molecule has 108 valence electrons. The molecule has 0 bridgehead atoms. The highest BCUT2D eigenvalue weighted by molar-refractivity contribution is 7.71. The van der Waals surface area contributed by atoms with Crippen LogP contribution in [0.3, 0.4) is 0 Å². The molecule has 1 heterocycles. The zero-order chi connectivity index (χ0) is 14.0. The number of nitrogens with zero attached hydrogens (tertiary/aromatic N) is 2. The first-order valence-corrected chi connectivity index (χ1v) is 7.99. The van der Waals surface area contributed by atoms with Gasteiger partial charge in [0.05, 0.1) is 0 Å². The maximum Gasteiger partial charge on any atom is 0.195 e. The molecule has 1 N–H and O–H groups in total. The summed E-state index contributed by atoms with van der Waals surface area (Å²) in [7, 11) is 0. The Balaban J connectivity index is 2.08. The van der Waals surface area contributed by atoms with Gasteiger partial charge in [0.2, 0.25) is 0 Å². The van der Waals surface area contributed by atoms with Crippen molar-refractivity contribution in [1.82, 2.24) is 14.8 Å². The molecule has 1 saturated carbocycles. The lowest BCUT2D eigenvalue weighted by molar-refractivity contribution is 0.166. The first-order chi connectivity index (χ1) is 8.93. The van der Waals surface area contributed by atoms with Gasteiger partial charge in [-0.3, -0.25) is 5.10 Å². The average molecular weight is 281 g/mol. The summed E-state index contributed by atoms with van der Waals surface area (Å²) in [5.74, 6) is 2.64. The van der Waals surface area contributed by atoms with E-state index in [0.29, 0.717) is 11.3 Å². The van der Waals surface area contributed by atoms with E-state index in [9.17, 15) is 0 Å². The van der Waals surface area contributed by atoms with Gasteiger partial charge in [-0.25, -0.2) is 0 Å². The zero-order valence-corrected chi connectivity index (χ0v) is 13.5. The second-order valence-corrected chi connectivity index (χ2v) is 7.34. The predicted octanol–water partition coefficient (Wildman–Crippen LogP) is 4.67. The van der Waals surface area contributed by atoms with Crippen LogP contribution in [0.4, 0.5) is 0 Å². The minimum atomic E-state index is 0.444. The molecule has 1 aliphatic rings. The standard InChI is InChI=1S/C15H27N3S/c1-5-10-18-13(16-17-14(18)19)11-6-8-12(9-7-11)15(2,3)4/h11-12H,5-10H2,1-4H3,(H,17,19). The molecular formula is C15H27N3S. The second kappa shape index (κ2) is 5.78. The van der Waals surface area contributed by atoms with E-state index in [1.54, 1.807) is 0 Å². The molecule has 0 saturated heterocycles. The predicted molar refractivity (Wildman–Crippen MR) is 81.9 cm³/mol. The van der Waals surface area contributed by atoms with E-state index in [1.807, 2.05) is 0 Å². The van der Waals surface area contributed by atoms with E-state index < -0.39 is 0 Å². The van der Waals surface area contributed by atoms with Crippen LogP contribution in [-0.4, -0.2) is 14.8 Å². The number of aromatic nitrogens is 3. The third-order valence-electron chi connectivity index (χ3n) is 4.55. The molecule has 0 unspecified atom stereocenters. The van der Waals surface area contributed by atoms with Crippen LogP contribution in [0.1, 0.15) is 71.5 Å². The molecule has 3 nitrogen and oxygen atoms in total. The largest absolute Gasteiger partial charge is 0.304 e. The van der Waals surface area contributed by atoms with Gasteiger partial charge in [0.1, 0.15) is 5.82 Å². The van der Waals surface area contributed by atoms with Crippen LogP contribution in [0.2, 0.25) is 0 Å². The molecular weight excluding hydrogens is 254 g/mol. The van der Waals surface area contributed by atoms with Crippen LogP contribution in [0, 0.1) is 16.1 Å². The molecule has 1 aliphatic carbocycles. The Kier molecular flexibility index (Phi) is 4.49. The number of aromatic amines is 1. The lowest BCUT2D eigenvalue weighted by Gasteiger charge is -2.36. The van der Waals surface area contributed by atoms with Crippen LogP contribution >= 0.6 is 12.2 Å². The van der Waals surface area contributed by atoms with E-state index in [0.717, 1.165) is 23.7 Å². The monoisotopic (exact) mass is 281 g/mol. The number of hydrogen-bond donors (Lipinski definition) is 1. The summed E-state index contributed by atoms with van der Waals surface area (Å²) in [5, 5.41) is 7.47. The van der Waals surface area contributed by atoms with Gasteiger partial charge >= 0.3 is 0 Å². The van der Waals surface area contributed by atoms with Crippen molar-refractivity contribution in [2.24, 2.45) is 11.3 Å². The van der Waals surface area contributed by atoms with Crippen molar-refractivity contribution in [3.8, 4) is 0 Å². The van der Waals surface area contributed by atoms with Gasteiger partial charge < -0.3 is 4.57 Å². The fourth-order valence-electron chi connectivity index (χ4n) is 3.30. The van der Waals surface area contributed by atoms with E-state index in [2.05, 4.69) is 42.5 Å².